The number of non-ortho nitro benzene ring substituents is 1. The van der Waals surface area contributed by atoms with Crippen molar-refractivity contribution in [1.29, 1.82) is 0 Å². The second-order valence-corrected chi connectivity index (χ2v) is 9.16. The van der Waals surface area contributed by atoms with Gasteiger partial charge in [0.25, 0.3) is 5.69 Å². The summed E-state index contributed by atoms with van der Waals surface area (Å²) in [6, 6.07) is 12.9. The molecule has 0 radical (unpaired) electrons. The molecule has 1 saturated heterocycles. The van der Waals surface area contributed by atoms with Gasteiger partial charge >= 0.3 is 11.9 Å². The summed E-state index contributed by atoms with van der Waals surface area (Å²) in [4.78, 5) is 38.3. The number of rotatable bonds is 1. The lowest BCUT2D eigenvalue weighted by Gasteiger charge is -2.66. The molecule has 0 aromatic heterocycles. The number of carbonyl (C=O) groups is 2. The van der Waals surface area contributed by atoms with Crippen LogP contribution in [0.25, 0.3) is 0 Å². The van der Waals surface area contributed by atoms with Crippen molar-refractivity contribution >= 4 is 17.6 Å². The quantitative estimate of drug-likeness (QED) is 0.239. The number of hydrogen-bond acceptors (Lipinski definition) is 5. The SMILES string of the molecule is O=C1OC(=O)[C@]23[C@H]4c5ccccc5[C@H](c5ccc([N+](=O)[O-])cc54)[C@]12[C@@H]1C=C[C@H]3CC1. The van der Waals surface area contributed by atoms with Crippen LogP contribution >= 0.6 is 0 Å². The number of carbonyl (C=O) groups excluding carboxylic acids is 2. The smallest absolute Gasteiger partial charge is 0.322 e. The zero-order chi connectivity index (χ0) is 20.4. The fraction of sp³-hybridized carbons (Fsp3) is 0.333. The number of fused-ring (bicyclic) bond motifs is 1. The number of esters is 2. The van der Waals surface area contributed by atoms with E-state index in [2.05, 4.69) is 12.2 Å². The molecule has 1 heterocycles. The van der Waals surface area contributed by atoms with Crippen LogP contribution in [0.2, 0.25) is 0 Å². The van der Waals surface area contributed by atoms with Crippen LogP contribution in [0, 0.1) is 32.8 Å². The number of allylic oxidation sites excluding steroid dienone is 2. The van der Waals surface area contributed by atoms with E-state index in [-0.39, 0.29) is 23.4 Å². The maximum atomic E-state index is 13.6. The number of hydrogen-bond donors (Lipinski definition) is 0. The third-order valence-corrected chi connectivity index (χ3v) is 8.51. The van der Waals surface area contributed by atoms with E-state index < -0.39 is 33.6 Å². The monoisotopic (exact) mass is 399 g/mol. The number of benzene rings is 2. The van der Waals surface area contributed by atoms with E-state index >= 15 is 0 Å². The molecule has 7 aliphatic rings. The highest BCUT2D eigenvalue weighted by Gasteiger charge is 2.84. The maximum Gasteiger partial charge on any atom is 0.322 e. The maximum absolute atomic E-state index is 13.6. The van der Waals surface area contributed by atoms with Crippen LogP contribution in [-0.4, -0.2) is 16.9 Å². The van der Waals surface area contributed by atoms with Crippen LogP contribution in [-0.2, 0) is 14.3 Å². The lowest BCUT2D eigenvalue weighted by molar-refractivity contribution is -0.385. The number of nitro benzene ring substituents is 1. The van der Waals surface area contributed by atoms with Crippen molar-refractivity contribution in [2.45, 2.75) is 24.7 Å². The predicted octanol–water partition coefficient (Wildman–Crippen LogP) is 3.84. The molecule has 148 valence electrons. The molecule has 2 fully saturated rings. The van der Waals surface area contributed by atoms with Gasteiger partial charge in [0.1, 0.15) is 10.8 Å². The summed E-state index contributed by atoms with van der Waals surface area (Å²) >= 11 is 0. The Bertz CT molecular complexity index is 1250. The van der Waals surface area contributed by atoms with Crippen LogP contribution in [0.15, 0.2) is 54.6 Å². The third-order valence-electron chi connectivity index (χ3n) is 8.51. The van der Waals surface area contributed by atoms with Gasteiger partial charge in [-0.3, -0.25) is 19.7 Å². The van der Waals surface area contributed by atoms with Gasteiger partial charge in [0.2, 0.25) is 0 Å². The van der Waals surface area contributed by atoms with Crippen LogP contribution in [0.3, 0.4) is 0 Å². The van der Waals surface area contributed by atoms with E-state index in [4.69, 9.17) is 4.74 Å². The Hall–Kier alpha value is -3.28. The fourth-order valence-corrected chi connectivity index (χ4v) is 7.77. The second-order valence-electron chi connectivity index (χ2n) is 9.16. The average Bonchev–Trinajstić information content (AvgIpc) is 3.04. The van der Waals surface area contributed by atoms with Gasteiger partial charge in [-0.05, 0) is 46.9 Å². The van der Waals surface area contributed by atoms with E-state index in [1.165, 1.54) is 6.07 Å². The first-order chi connectivity index (χ1) is 14.5. The molecule has 0 spiro atoms. The highest BCUT2D eigenvalue weighted by atomic mass is 16.6. The molecule has 6 atom stereocenters. The van der Waals surface area contributed by atoms with E-state index in [0.29, 0.717) is 0 Å². The zero-order valence-electron chi connectivity index (χ0n) is 15.9. The summed E-state index contributed by atoms with van der Waals surface area (Å²) < 4.78 is 5.49. The van der Waals surface area contributed by atoms with E-state index in [0.717, 1.165) is 35.1 Å². The Morgan fingerprint density at radius 3 is 1.90 bits per heavy atom. The van der Waals surface area contributed by atoms with Crippen molar-refractivity contribution < 1.29 is 19.2 Å². The molecule has 1 aliphatic heterocycles. The Balaban J connectivity index is 1.67. The lowest BCUT2D eigenvalue weighted by Crippen LogP contribution is -2.67. The molecular formula is C24H17NO5. The van der Waals surface area contributed by atoms with E-state index in [1.54, 1.807) is 12.1 Å². The summed E-state index contributed by atoms with van der Waals surface area (Å²) in [7, 11) is 0. The van der Waals surface area contributed by atoms with Gasteiger partial charge in [-0.15, -0.1) is 0 Å². The first-order valence-corrected chi connectivity index (χ1v) is 10.3. The van der Waals surface area contributed by atoms with E-state index in [9.17, 15) is 19.7 Å². The standard InChI is InChI=1S/C24H17NO5/c26-21-23-12-5-7-13(8-6-12)24(23,22(27)30-21)20-16-4-2-1-3-15(16)19(23)17-10-9-14(25(28)29)11-18(17)20/h1-5,7,9-13,19-20H,6,8H2/t12-,13+,19-,20+,23-,24+/m1/s1. The van der Waals surface area contributed by atoms with Crippen LogP contribution in [0.1, 0.15) is 46.9 Å². The number of cyclic esters (lactones) is 2. The summed E-state index contributed by atoms with van der Waals surface area (Å²) in [5.74, 6) is -1.83. The highest BCUT2D eigenvalue weighted by Crippen LogP contribution is 2.80. The van der Waals surface area contributed by atoms with Crippen molar-refractivity contribution in [2.75, 3.05) is 0 Å². The van der Waals surface area contributed by atoms with E-state index in [1.807, 2.05) is 24.3 Å². The third kappa shape index (κ3) is 1.40. The Morgan fingerprint density at radius 1 is 0.833 bits per heavy atom. The van der Waals surface area contributed by atoms with Crippen molar-refractivity contribution in [3.05, 3.63) is 87.0 Å². The summed E-state index contributed by atoms with van der Waals surface area (Å²) in [5, 5.41) is 11.5. The van der Waals surface area contributed by atoms with Crippen molar-refractivity contribution in [1.82, 2.24) is 0 Å². The largest absolute Gasteiger partial charge is 0.392 e. The van der Waals surface area contributed by atoms with Gasteiger partial charge in [-0.2, -0.15) is 0 Å². The summed E-state index contributed by atoms with van der Waals surface area (Å²) in [6.07, 6.45) is 5.87. The minimum absolute atomic E-state index is 0.00924. The summed E-state index contributed by atoms with van der Waals surface area (Å²) in [5.41, 5.74) is 1.79. The molecule has 1 saturated carbocycles. The molecular weight excluding hydrogens is 382 g/mol. The molecule has 4 bridgehead atoms. The molecule has 2 aromatic rings. The van der Waals surface area contributed by atoms with Gasteiger partial charge in [0.15, 0.2) is 0 Å². The molecule has 2 aromatic carbocycles. The second kappa shape index (κ2) is 4.89. The topological polar surface area (TPSA) is 86.5 Å². The molecule has 9 rings (SSSR count). The normalized spacial score (nSPS) is 38.5. The van der Waals surface area contributed by atoms with Gasteiger partial charge in [-0.1, -0.05) is 42.5 Å². The van der Waals surface area contributed by atoms with Crippen LogP contribution < -0.4 is 0 Å². The average molecular weight is 399 g/mol. The van der Waals surface area contributed by atoms with Gasteiger partial charge in [-0.25, -0.2) is 0 Å². The first-order valence-electron chi connectivity index (χ1n) is 10.3. The molecule has 6 aliphatic carbocycles. The molecule has 0 unspecified atom stereocenters. The predicted molar refractivity (Wildman–Crippen MR) is 105 cm³/mol. The lowest BCUT2D eigenvalue weighted by atomic mass is 9.32. The molecule has 30 heavy (non-hydrogen) atoms. The van der Waals surface area contributed by atoms with Crippen LogP contribution in [0.5, 0.6) is 0 Å². The molecule has 6 nitrogen and oxygen atoms in total. The van der Waals surface area contributed by atoms with Gasteiger partial charge in [0.05, 0.1) is 4.92 Å². The molecule has 0 amide bonds. The van der Waals surface area contributed by atoms with Gasteiger partial charge in [0, 0.05) is 24.0 Å². The highest BCUT2D eigenvalue weighted by molar-refractivity contribution is 6.07. The number of nitrogens with zero attached hydrogens (tertiary/aromatic N) is 1. The fourth-order valence-electron chi connectivity index (χ4n) is 7.77. The van der Waals surface area contributed by atoms with Crippen molar-refractivity contribution in [3.8, 4) is 0 Å². The van der Waals surface area contributed by atoms with Crippen molar-refractivity contribution in [3.63, 3.8) is 0 Å². The Labute approximate surface area is 171 Å². The Morgan fingerprint density at radius 2 is 1.37 bits per heavy atom. The molecule has 0 N–H and O–H groups in total. The van der Waals surface area contributed by atoms with Crippen molar-refractivity contribution in [2.24, 2.45) is 22.7 Å². The minimum atomic E-state index is -1.02. The van der Waals surface area contributed by atoms with Crippen LogP contribution in [0.4, 0.5) is 5.69 Å². The minimum Gasteiger partial charge on any atom is -0.392 e. The molecule has 6 heteroatoms. The summed E-state index contributed by atoms with van der Waals surface area (Å²) in [6.45, 7) is 0. The Kier molecular flexibility index (Phi) is 2.69. The number of ether oxygens (including phenoxy) is 1. The zero-order valence-corrected chi connectivity index (χ0v) is 15.9. The van der Waals surface area contributed by atoms with Gasteiger partial charge < -0.3 is 4.74 Å². The first kappa shape index (κ1) is 16.5. The number of nitro groups is 1.